The van der Waals surface area contributed by atoms with Gasteiger partial charge in [-0.1, -0.05) is 36.4 Å². The normalized spacial score (nSPS) is 16.8. The summed E-state index contributed by atoms with van der Waals surface area (Å²) in [7, 11) is 0. The zero-order chi connectivity index (χ0) is 20.4. The maximum absolute atomic E-state index is 12.6. The minimum absolute atomic E-state index is 0.102. The molecule has 29 heavy (non-hydrogen) atoms. The summed E-state index contributed by atoms with van der Waals surface area (Å²) in [4.78, 5) is 6.02. The molecule has 2 aromatic carbocycles. The standard InChI is InChI=1S/C23H21F3N2O/c1-16-4-2-3-5-21(16)17-6-9-19(10-7-17)28-13-12-20(15-28)29-22-11-8-18(14-27-22)23(24,25)26/h2-11,14,20H,12-13,15H2,1H3/t20-/m0/s1. The van der Waals surface area contributed by atoms with Gasteiger partial charge >= 0.3 is 6.18 Å². The van der Waals surface area contributed by atoms with Gasteiger partial charge in [0, 0.05) is 30.9 Å². The number of ether oxygens (including phenoxy) is 1. The molecule has 1 atom stereocenters. The van der Waals surface area contributed by atoms with Crippen LogP contribution in [0.3, 0.4) is 0 Å². The summed E-state index contributed by atoms with van der Waals surface area (Å²) in [6.45, 7) is 3.60. The molecule has 0 radical (unpaired) electrons. The molecule has 1 aromatic heterocycles. The lowest BCUT2D eigenvalue weighted by Gasteiger charge is -2.19. The van der Waals surface area contributed by atoms with Crippen LogP contribution in [0.25, 0.3) is 11.1 Å². The fourth-order valence-electron chi connectivity index (χ4n) is 3.60. The molecule has 0 bridgehead atoms. The lowest BCUT2D eigenvalue weighted by molar-refractivity contribution is -0.137. The Kier molecular flexibility index (Phi) is 5.18. The summed E-state index contributed by atoms with van der Waals surface area (Å²) >= 11 is 0. The van der Waals surface area contributed by atoms with Crippen molar-refractivity contribution in [2.45, 2.75) is 25.6 Å². The molecule has 3 nitrogen and oxygen atoms in total. The van der Waals surface area contributed by atoms with E-state index in [0.717, 1.165) is 30.9 Å². The minimum Gasteiger partial charge on any atom is -0.472 e. The number of hydrogen-bond acceptors (Lipinski definition) is 3. The number of aromatic nitrogens is 1. The van der Waals surface area contributed by atoms with E-state index in [2.05, 4.69) is 53.2 Å². The van der Waals surface area contributed by atoms with E-state index < -0.39 is 11.7 Å². The molecule has 1 fully saturated rings. The van der Waals surface area contributed by atoms with Crippen molar-refractivity contribution in [1.29, 1.82) is 0 Å². The molecule has 0 N–H and O–H groups in total. The van der Waals surface area contributed by atoms with Crippen molar-refractivity contribution in [2.24, 2.45) is 0 Å². The van der Waals surface area contributed by atoms with E-state index in [4.69, 9.17) is 4.74 Å². The van der Waals surface area contributed by atoms with Crippen LogP contribution in [-0.4, -0.2) is 24.2 Å². The van der Waals surface area contributed by atoms with Crippen LogP contribution in [0.1, 0.15) is 17.5 Å². The molecule has 1 aliphatic heterocycles. The summed E-state index contributed by atoms with van der Waals surface area (Å²) in [6.07, 6.45) is -2.88. The number of halogens is 3. The van der Waals surface area contributed by atoms with Crippen LogP contribution in [0.5, 0.6) is 5.88 Å². The molecule has 0 spiro atoms. The number of aryl methyl sites for hydroxylation is 1. The molecule has 2 heterocycles. The zero-order valence-electron chi connectivity index (χ0n) is 16.0. The van der Waals surface area contributed by atoms with Crippen molar-refractivity contribution < 1.29 is 17.9 Å². The first-order valence-electron chi connectivity index (χ1n) is 9.51. The molecule has 1 saturated heterocycles. The maximum atomic E-state index is 12.6. The number of rotatable bonds is 4. The number of anilines is 1. The largest absolute Gasteiger partial charge is 0.472 e. The third-order valence-corrected chi connectivity index (χ3v) is 5.18. The van der Waals surface area contributed by atoms with Crippen LogP contribution >= 0.6 is 0 Å². The Labute approximate surface area is 167 Å². The van der Waals surface area contributed by atoms with E-state index >= 15 is 0 Å². The Balaban J connectivity index is 1.39. The number of benzene rings is 2. The quantitative estimate of drug-likeness (QED) is 0.561. The second-order valence-electron chi connectivity index (χ2n) is 7.22. The van der Waals surface area contributed by atoms with Gasteiger partial charge in [0.15, 0.2) is 0 Å². The topological polar surface area (TPSA) is 25.4 Å². The maximum Gasteiger partial charge on any atom is 0.417 e. The lowest BCUT2D eigenvalue weighted by atomic mass is 10.0. The Morgan fingerprint density at radius 2 is 1.76 bits per heavy atom. The predicted molar refractivity (Wildman–Crippen MR) is 107 cm³/mol. The molecule has 3 aromatic rings. The molecule has 4 rings (SSSR count). The molecule has 150 valence electrons. The molecule has 1 aliphatic rings. The highest BCUT2D eigenvalue weighted by molar-refractivity contribution is 5.69. The van der Waals surface area contributed by atoms with Crippen molar-refractivity contribution in [3.63, 3.8) is 0 Å². The van der Waals surface area contributed by atoms with Crippen LogP contribution in [0.15, 0.2) is 66.9 Å². The third-order valence-electron chi connectivity index (χ3n) is 5.18. The van der Waals surface area contributed by atoms with Crippen LogP contribution in [0.4, 0.5) is 18.9 Å². The van der Waals surface area contributed by atoms with Crippen LogP contribution in [0, 0.1) is 6.92 Å². The van der Waals surface area contributed by atoms with Gasteiger partial charge in [0.1, 0.15) is 6.10 Å². The number of alkyl halides is 3. The molecule has 0 saturated carbocycles. The first-order chi connectivity index (χ1) is 13.9. The van der Waals surface area contributed by atoms with E-state index in [1.54, 1.807) is 0 Å². The van der Waals surface area contributed by atoms with E-state index in [-0.39, 0.29) is 12.0 Å². The Hall–Kier alpha value is -3.02. The minimum atomic E-state index is -4.39. The molecular formula is C23H21F3N2O. The number of nitrogens with zero attached hydrogens (tertiary/aromatic N) is 2. The van der Waals surface area contributed by atoms with Gasteiger partial charge < -0.3 is 9.64 Å². The predicted octanol–water partition coefficient (Wildman–Crippen LogP) is 5.73. The summed E-state index contributed by atoms with van der Waals surface area (Å²) in [6, 6.07) is 19.0. The Bertz CT molecular complexity index is 969. The van der Waals surface area contributed by atoms with E-state index in [0.29, 0.717) is 6.54 Å². The van der Waals surface area contributed by atoms with Gasteiger partial charge in [-0.3, -0.25) is 0 Å². The van der Waals surface area contributed by atoms with Gasteiger partial charge in [-0.25, -0.2) is 4.98 Å². The average molecular weight is 398 g/mol. The first-order valence-corrected chi connectivity index (χ1v) is 9.51. The lowest BCUT2D eigenvalue weighted by Crippen LogP contribution is -2.24. The van der Waals surface area contributed by atoms with Gasteiger partial charge in [0.05, 0.1) is 12.1 Å². The van der Waals surface area contributed by atoms with Gasteiger partial charge in [-0.2, -0.15) is 13.2 Å². The molecule has 0 amide bonds. The molecule has 0 unspecified atom stereocenters. The SMILES string of the molecule is Cc1ccccc1-c1ccc(N2CC[C@H](Oc3ccc(C(F)(F)F)cn3)C2)cc1. The van der Waals surface area contributed by atoms with Gasteiger partial charge in [0.2, 0.25) is 5.88 Å². The van der Waals surface area contributed by atoms with Crippen molar-refractivity contribution in [3.05, 3.63) is 78.0 Å². The van der Waals surface area contributed by atoms with Crippen LogP contribution in [0.2, 0.25) is 0 Å². The fraction of sp³-hybridized carbons (Fsp3) is 0.261. The van der Waals surface area contributed by atoms with E-state index in [1.165, 1.54) is 22.8 Å². The summed E-state index contributed by atoms with van der Waals surface area (Å²) in [5.74, 6) is 0.222. The van der Waals surface area contributed by atoms with Gasteiger partial charge in [-0.05, 0) is 41.8 Å². The van der Waals surface area contributed by atoms with Crippen LogP contribution in [-0.2, 0) is 6.18 Å². The van der Waals surface area contributed by atoms with E-state index in [9.17, 15) is 13.2 Å². The fourth-order valence-corrected chi connectivity index (χ4v) is 3.60. The molecule has 0 aliphatic carbocycles. The highest BCUT2D eigenvalue weighted by atomic mass is 19.4. The zero-order valence-corrected chi connectivity index (χ0v) is 16.0. The highest BCUT2D eigenvalue weighted by Crippen LogP contribution is 2.30. The third kappa shape index (κ3) is 4.36. The highest BCUT2D eigenvalue weighted by Gasteiger charge is 2.31. The monoisotopic (exact) mass is 398 g/mol. The number of hydrogen-bond donors (Lipinski definition) is 0. The second-order valence-corrected chi connectivity index (χ2v) is 7.22. The van der Waals surface area contributed by atoms with Crippen molar-refractivity contribution in [2.75, 3.05) is 18.0 Å². The van der Waals surface area contributed by atoms with Crippen LogP contribution < -0.4 is 9.64 Å². The number of pyridine rings is 1. The molecular weight excluding hydrogens is 377 g/mol. The Morgan fingerprint density at radius 3 is 2.41 bits per heavy atom. The van der Waals surface area contributed by atoms with Crippen molar-refractivity contribution >= 4 is 5.69 Å². The van der Waals surface area contributed by atoms with Crippen molar-refractivity contribution in [1.82, 2.24) is 4.98 Å². The van der Waals surface area contributed by atoms with Crippen molar-refractivity contribution in [3.8, 4) is 17.0 Å². The van der Waals surface area contributed by atoms with E-state index in [1.807, 2.05) is 12.1 Å². The van der Waals surface area contributed by atoms with Gasteiger partial charge in [0.25, 0.3) is 0 Å². The average Bonchev–Trinajstić information content (AvgIpc) is 3.17. The van der Waals surface area contributed by atoms with Gasteiger partial charge in [-0.15, -0.1) is 0 Å². The first kappa shape index (κ1) is 19.3. The summed E-state index contributed by atoms with van der Waals surface area (Å²) < 4.78 is 43.7. The summed E-state index contributed by atoms with van der Waals surface area (Å²) in [5.41, 5.74) is 3.96. The second kappa shape index (κ2) is 7.78. The smallest absolute Gasteiger partial charge is 0.417 e. The molecule has 6 heteroatoms. The summed E-state index contributed by atoms with van der Waals surface area (Å²) in [5, 5.41) is 0. The Morgan fingerprint density at radius 1 is 1.00 bits per heavy atom.